The van der Waals surface area contributed by atoms with Crippen LogP contribution in [0.1, 0.15) is 17.7 Å². The molecule has 5 heteroatoms. The van der Waals surface area contributed by atoms with Crippen LogP contribution in [0.5, 0.6) is 0 Å². The van der Waals surface area contributed by atoms with Gasteiger partial charge in [-0.25, -0.2) is 13.8 Å². The third kappa shape index (κ3) is 2.04. The Balaban J connectivity index is 3.23. The first kappa shape index (κ1) is 10.1. The van der Waals surface area contributed by atoms with E-state index in [1.165, 1.54) is 6.07 Å². The largest absolute Gasteiger partial charge is 0.280 e. The van der Waals surface area contributed by atoms with E-state index in [0.29, 0.717) is 14.3 Å². The van der Waals surface area contributed by atoms with Gasteiger partial charge in [0, 0.05) is 0 Å². The molecule has 0 amide bonds. The summed E-state index contributed by atoms with van der Waals surface area (Å²) in [5.41, 5.74) is 0.235. The average molecular weight is 303 g/mol. The van der Waals surface area contributed by atoms with Crippen molar-refractivity contribution in [1.82, 2.24) is 4.98 Å². The van der Waals surface area contributed by atoms with E-state index < -0.39 is 6.43 Å². The Morgan fingerprint density at radius 3 is 2.67 bits per heavy atom. The fraction of sp³-hybridized carbons (Fsp3) is 0.286. The molecule has 0 saturated carbocycles. The molecule has 0 fully saturated rings. The zero-order valence-corrected chi connectivity index (χ0v) is 9.03. The van der Waals surface area contributed by atoms with Gasteiger partial charge in [-0.2, -0.15) is 0 Å². The van der Waals surface area contributed by atoms with Crippen LogP contribution in [-0.4, -0.2) is 4.98 Å². The second-order valence-electron chi connectivity index (χ2n) is 2.26. The summed E-state index contributed by atoms with van der Waals surface area (Å²) < 4.78 is 24.9. The predicted molar refractivity (Wildman–Crippen MR) is 51.7 cm³/mol. The monoisotopic (exact) mass is 303 g/mol. The van der Waals surface area contributed by atoms with Crippen LogP contribution in [0.15, 0.2) is 6.07 Å². The number of nitrogens with zero attached hydrogens (tertiary/aromatic N) is 1. The first-order valence-corrected chi connectivity index (χ1v) is 4.58. The van der Waals surface area contributed by atoms with Gasteiger partial charge in [-0.1, -0.05) is 11.6 Å². The lowest BCUT2D eigenvalue weighted by molar-refractivity contribution is 0.145. The Kier molecular flexibility index (Phi) is 3.22. The molecule has 66 valence electrons. The summed E-state index contributed by atoms with van der Waals surface area (Å²) in [6.07, 6.45) is -2.53. The van der Waals surface area contributed by atoms with E-state index in [2.05, 4.69) is 4.98 Å². The summed E-state index contributed by atoms with van der Waals surface area (Å²) in [6, 6.07) is 1.50. The van der Waals surface area contributed by atoms with Crippen molar-refractivity contribution in [3.8, 4) is 0 Å². The Hall–Kier alpha value is 0.0300. The minimum Gasteiger partial charge on any atom is -0.239 e. The Labute approximate surface area is 87.3 Å². The molecule has 1 aromatic heterocycles. The number of aromatic nitrogens is 1. The lowest BCUT2D eigenvalue weighted by Gasteiger charge is -2.04. The average Bonchev–Trinajstić information content (AvgIpc) is 1.96. The summed E-state index contributed by atoms with van der Waals surface area (Å²) in [6.45, 7) is 1.57. The molecule has 0 atom stereocenters. The molecule has 0 aliphatic heterocycles. The standard InChI is InChI=1S/C7H5ClF2IN/c1-3-2-4(8)7(11)12-5(3)6(9)10/h2,6H,1H3. The summed E-state index contributed by atoms with van der Waals surface area (Å²) in [5, 5.41) is 0.414. The van der Waals surface area contributed by atoms with Crippen molar-refractivity contribution in [2.45, 2.75) is 13.3 Å². The highest BCUT2D eigenvalue weighted by atomic mass is 127. The van der Waals surface area contributed by atoms with Crippen LogP contribution in [0.2, 0.25) is 5.02 Å². The lowest BCUT2D eigenvalue weighted by Crippen LogP contribution is -1.97. The number of aryl methyl sites for hydroxylation is 1. The first-order valence-electron chi connectivity index (χ1n) is 3.13. The van der Waals surface area contributed by atoms with Gasteiger partial charge in [-0.3, -0.25) is 0 Å². The molecule has 0 bridgehead atoms. The highest BCUT2D eigenvalue weighted by Crippen LogP contribution is 2.25. The molecule has 0 spiro atoms. The van der Waals surface area contributed by atoms with Crippen molar-refractivity contribution < 1.29 is 8.78 Å². The molecule has 0 saturated heterocycles. The number of alkyl halides is 2. The molecule has 1 heterocycles. The first-order chi connectivity index (χ1) is 5.52. The number of halogens is 4. The molecule has 0 aromatic carbocycles. The molecule has 1 aromatic rings. The topological polar surface area (TPSA) is 12.9 Å². The van der Waals surface area contributed by atoms with E-state index in [1.807, 2.05) is 22.6 Å². The van der Waals surface area contributed by atoms with E-state index >= 15 is 0 Å². The van der Waals surface area contributed by atoms with Crippen LogP contribution in [0.3, 0.4) is 0 Å². The predicted octanol–water partition coefficient (Wildman–Crippen LogP) is 3.59. The number of pyridine rings is 1. The van der Waals surface area contributed by atoms with Gasteiger partial charge in [0.15, 0.2) is 0 Å². The van der Waals surface area contributed by atoms with Crippen LogP contribution in [0, 0.1) is 10.6 Å². The van der Waals surface area contributed by atoms with Crippen molar-refractivity contribution in [3.05, 3.63) is 26.0 Å². The molecule has 0 aliphatic carbocycles. The highest BCUT2D eigenvalue weighted by Gasteiger charge is 2.14. The van der Waals surface area contributed by atoms with Crippen molar-refractivity contribution >= 4 is 34.2 Å². The minimum atomic E-state index is -2.53. The van der Waals surface area contributed by atoms with E-state index in [-0.39, 0.29) is 5.69 Å². The summed E-state index contributed by atoms with van der Waals surface area (Å²) in [5.74, 6) is 0. The number of hydrogen-bond acceptors (Lipinski definition) is 1. The van der Waals surface area contributed by atoms with Crippen molar-refractivity contribution in [3.63, 3.8) is 0 Å². The molecular formula is C7H5ClF2IN. The van der Waals surface area contributed by atoms with Gasteiger partial charge >= 0.3 is 0 Å². The van der Waals surface area contributed by atoms with Crippen LogP contribution < -0.4 is 0 Å². The third-order valence-corrected chi connectivity index (χ3v) is 2.80. The Morgan fingerprint density at radius 2 is 2.17 bits per heavy atom. The van der Waals surface area contributed by atoms with Crippen molar-refractivity contribution in [2.75, 3.05) is 0 Å². The maximum absolute atomic E-state index is 12.2. The fourth-order valence-corrected chi connectivity index (χ4v) is 1.41. The van der Waals surface area contributed by atoms with Crippen LogP contribution >= 0.6 is 34.2 Å². The Bertz CT molecular complexity index is 304. The van der Waals surface area contributed by atoms with Gasteiger partial charge < -0.3 is 0 Å². The van der Waals surface area contributed by atoms with Gasteiger partial charge in [0.25, 0.3) is 6.43 Å². The zero-order valence-electron chi connectivity index (χ0n) is 6.11. The molecule has 0 N–H and O–H groups in total. The van der Waals surface area contributed by atoms with Crippen molar-refractivity contribution in [1.29, 1.82) is 0 Å². The van der Waals surface area contributed by atoms with Gasteiger partial charge in [0.1, 0.15) is 9.39 Å². The Morgan fingerprint density at radius 1 is 1.58 bits per heavy atom. The van der Waals surface area contributed by atoms with Crippen molar-refractivity contribution in [2.24, 2.45) is 0 Å². The third-order valence-electron chi connectivity index (χ3n) is 1.37. The molecule has 0 unspecified atom stereocenters. The van der Waals surface area contributed by atoms with E-state index in [0.717, 1.165) is 0 Å². The minimum absolute atomic E-state index is 0.191. The maximum Gasteiger partial charge on any atom is 0.280 e. The smallest absolute Gasteiger partial charge is 0.239 e. The quantitative estimate of drug-likeness (QED) is 0.571. The normalized spacial score (nSPS) is 10.8. The fourth-order valence-electron chi connectivity index (χ4n) is 0.792. The van der Waals surface area contributed by atoms with E-state index in [4.69, 9.17) is 11.6 Å². The van der Waals surface area contributed by atoms with Gasteiger partial charge in [-0.05, 0) is 41.1 Å². The van der Waals surface area contributed by atoms with Crippen LogP contribution in [0.25, 0.3) is 0 Å². The summed E-state index contributed by atoms with van der Waals surface area (Å²) >= 11 is 7.50. The molecule has 12 heavy (non-hydrogen) atoms. The number of hydrogen-bond donors (Lipinski definition) is 0. The SMILES string of the molecule is Cc1cc(Cl)c(I)nc1C(F)F. The lowest BCUT2D eigenvalue weighted by atomic mass is 10.2. The molecule has 0 aliphatic rings. The second-order valence-corrected chi connectivity index (χ2v) is 3.69. The van der Waals surface area contributed by atoms with Gasteiger partial charge in [-0.15, -0.1) is 0 Å². The summed E-state index contributed by atoms with van der Waals surface area (Å²) in [4.78, 5) is 3.68. The van der Waals surface area contributed by atoms with Crippen LogP contribution in [0.4, 0.5) is 8.78 Å². The highest BCUT2D eigenvalue weighted by molar-refractivity contribution is 14.1. The molecule has 1 rings (SSSR count). The summed E-state index contributed by atoms with van der Waals surface area (Å²) in [7, 11) is 0. The zero-order chi connectivity index (χ0) is 9.30. The van der Waals surface area contributed by atoms with Gasteiger partial charge in [0.05, 0.1) is 5.02 Å². The van der Waals surface area contributed by atoms with Gasteiger partial charge in [0.2, 0.25) is 0 Å². The molecule has 0 radical (unpaired) electrons. The van der Waals surface area contributed by atoms with E-state index in [1.54, 1.807) is 6.92 Å². The molecular weight excluding hydrogens is 298 g/mol. The maximum atomic E-state index is 12.2. The number of rotatable bonds is 1. The molecule has 1 nitrogen and oxygen atoms in total. The second kappa shape index (κ2) is 3.83. The van der Waals surface area contributed by atoms with E-state index in [9.17, 15) is 8.78 Å². The van der Waals surface area contributed by atoms with Crippen LogP contribution in [-0.2, 0) is 0 Å².